The molecule has 0 radical (unpaired) electrons. The highest BCUT2D eigenvalue weighted by atomic mass is 32.2. The molecule has 8 heterocycles. The number of ether oxygens (including phenoxy) is 12. The van der Waals surface area contributed by atoms with Crippen molar-refractivity contribution >= 4 is 35.5 Å². The molecule has 38 heteroatoms. The van der Waals surface area contributed by atoms with E-state index in [1.54, 1.807) is 11.8 Å². The van der Waals surface area contributed by atoms with Crippen LogP contribution in [-0.2, 0) is 71.2 Å². The molecule has 37 nitrogen and oxygen atoms in total. The zero-order chi connectivity index (χ0) is 66.3. The molecule has 8 rings (SSSR count). The van der Waals surface area contributed by atoms with E-state index in [-0.39, 0.29) is 55.3 Å². The van der Waals surface area contributed by atoms with Crippen LogP contribution in [0.5, 0.6) is 0 Å². The summed E-state index contributed by atoms with van der Waals surface area (Å²) in [7, 11) is 0. The van der Waals surface area contributed by atoms with Gasteiger partial charge in [0.15, 0.2) is 37.7 Å². The molecule has 0 aromatic carbocycles. The van der Waals surface area contributed by atoms with Gasteiger partial charge >= 0.3 is 6.03 Å². The van der Waals surface area contributed by atoms with E-state index in [0.29, 0.717) is 6.42 Å². The quantitative estimate of drug-likeness (QED) is 0.0268. The fourth-order valence-electron chi connectivity index (χ4n) is 12.0. The predicted octanol–water partition coefficient (Wildman–Crippen LogP) is -11.5. The molecule has 91 heavy (non-hydrogen) atoms. The third-order valence-corrected chi connectivity index (χ3v) is 18.7. The van der Waals surface area contributed by atoms with Crippen LogP contribution in [-0.4, -0.2) is 359 Å². The highest BCUT2D eigenvalue weighted by Gasteiger charge is 2.57. The third kappa shape index (κ3) is 17.6. The molecule has 0 aromatic rings. The number of rotatable bonds is 27. The lowest BCUT2D eigenvalue weighted by atomic mass is 9.93. The molecule has 0 aromatic heterocycles. The molecule has 0 spiro atoms. The molecular formula is C53H89N5O32S. The maximum absolute atomic E-state index is 13.0. The second-order valence-electron chi connectivity index (χ2n) is 23.7. The monoisotopic (exact) mass is 1340 g/mol. The summed E-state index contributed by atoms with van der Waals surface area (Å²) in [6, 6.07) is -3.37. The number of nitrogens with one attached hydrogen (secondary N) is 5. The number of carbonyl (C=O) groups excluding carboxylic acids is 4. The number of fused-ring (bicyclic) bond motifs is 1. The SMILES string of the molecule is CC(=O)N[C@H]1[C@H](O[C@H]2[C@H](O)[C@@H](NC(C)=O)[C@H](OCCCNC(=O)CCCC[C@@H]3SC[C@@H]4NC(=O)N[C@@H]43)O[C@@H]2CO[C@@H]2O[C@@H](C)[C@@H](O)[C@@H](O)[C@@H]2O)O[C@H](CO)[C@@H](O[C@@H]2O[C@H](CO[C@H]3O[C@H](CO)[C@@H](O)[C@H](O)[C@@H]3O)[C@@H](O)[C@H](O[C@H]3O[C@H](CO)[C@@H](O)[C@H](O)[C@@H]3O)[C@@H]2O)[C@@H]1O. The Morgan fingerprint density at radius 3 is 1.62 bits per heavy atom. The lowest BCUT2D eigenvalue weighted by Gasteiger charge is -2.50. The van der Waals surface area contributed by atoms with Crippen LogP contribution in [0.2, 0.25) is 0 Å². The van der Waals surface area contributed by atoms with E-state index in [0.717, 1.165) is 32.4 Å². The Bertz CT molecular complexity index is 2340. The predicted molar refractivity (Wildman–Crippen MR) is 296 cm³/mol. The van der Waals surface area contributed by atoms with E-state index in [1.807, 2.05) is 0 Å². The number of carbonyl (C=O) groups is 4. The highest BCUT2D eigenvalue weighted by molar-refractivity contribution is 8.00. The van der Waals surface area contributed by atoms with Crippen LogP contribution in [0.3, 0.4) is 0 Å². The Balaban J connectivity index is 0.980. The second kappa shape index (κ2) is 33.2. The van der Waals surface area contributed by atoms with E-state index in [2.05, 4.69) is 26.6 Å². The second-order valence-corrected chi connectivity index (χ2v) is 25.0. The minimum absolute atomic E-state index is 0.0429. The van der Waals surface area contributed by atoms with Crippen molar-refractivity contribution in [2.24, 2.45) is 0 Å². The van der Waals surface area contributed by atoms with E-state index < -0.39 is 229 Å². The molecule has 0 saturated carbocycles. The van der Waals surface area contributed by atoms with Crippen LogP contribution in [0.1, 0.15) is 52.9 Å². The molecule has 33 atom stereocenters. The standard InChI is InChI=1S/C53H89N5O32S/c1-17-31(65)37(71)40(74)49(82-17)81-15-25-45(35(69)29(55-18(2)62)47(87-25)79-10-6-9-54-27(64)8-5-4-7-26-28-20(16-91-26)57-53(78)58-28)88-48-30(56-19(3)63)36(70)44(23(13-61)85-48)89-52-43(77)46(90-51-42(76)39(73)33(67)22(12-60)84-51)34(68)24(86-52)14-80-50-41(75)38(72)32(66)21(11-59)83-50/h17,20-26,28-52,59-61,65-77H,4-16H2,1-3H3,(H,54,64)(H,55,62)(H,56,63)(H2,57,58,78)/t17-,20-,21+,22+,23+,24+,25+,26-,28-,29+,30+,31+,32+,33+,34+,35+,36+,37+,38-,39-,40-,41-,42-,43-,44+,45+,46-,47+,48-,49+,50-,51+,52-/m0/s1. The van der Waals surface area contributed by atoms with Gasteiger partial charge in [-0.1, -0.05) is 6.42 Å². The summed E-state index contributed by atoms with van der Waals surface area (Å²) in [6.45, 7) is -0.954. The number of hydrogen-bond acceptors (Lipinski definition) is 33. The number of aliphatic hydroxyl groups excluding tert-OH is 16. The summed E-state index contributed by atoms with van der Waals surface area (Å²) in [5, 5.41) is 188. The highest BCUT2D eigenvalue weighted by Crippen LogP contribution is 2.37. The van der Waals surface area contributed by atoms with Crippen molar-refractivity contribution in [3.05, 3.63) is 0 Å². The van der Waals surface area contributed by atoms with Crippen molar-refractivity contribution in [1.29, 1.82) is 0 Å². The van der Waals surface area contributed by atoms with Crippen LogP contribution >= 0.6 is 11.8 Å². The van der Waals surface area contributed by atoms with Gasteiger partial charge in [-0.3, -0.25) is 14.4 Å². The van der Waals surface area contributed by atoms with E-state index >= 15 is 0 Å². The van der Waals surface area contributed by atoms with E-state index in [4.69, 9.17) is 56.8 Å². The van der Waals surface area contributed by atoms with Crippen LogP contribution in [0.25, 0.3) is 0 Å². The first-order chi connectivity index (χ1) is 43.3. The van der Waals surface area contributed by atoms with Gasteiger partial charge in [-0.05, 0) is 26.2 Å². The minimum atomic E-state index is -2.26. The average Bonchev–Trinajstić information content (AvgIpc) is 1.54. The van der Waals surface area contributed by atoms with Gasteiger partial charge in [-0.25, -0.2) is 4.79 Å². The van der Waals surface area contributed by atoms with Gasteiger partial charge in [0, 0.05) is 37.8 Å². The minimum Gasteiger partial charge on any atom is -0.394 e. The molecule has 0 bridgehead atoms. The smallest absolute Gasteiger partial charge is 0.315 e. The first-order valence-electron chi connectivity index (χ1n) is 30.2. The molecule has 8 saturated heterocycles. The number of hydrogen-bond donors (Lipinski definition) is 21. The van der Waals surface area contributed by atoms with Crippen LogP contribution in [0.15, 0.2) is 0 Å². The van der Waals surface area contributed by atoms with Crippen molar-refractivity contribution in [3.63, 3.8) is 0 Å². The van der Waals surface area contributed by atoms with Crippen molar-refractivity contribution in [3.8, 4) is 0 Å². The van der Waals surface area contributed by atoms with Gasteiger partial charge < -0.3 is 165 Å². The Morgan fingerprint density at radius 2 is 1.00 bits per heavy atom. The molecule has 5 amide bonds. The van der Waals surface area contributed by atoms with Gasteiger partial charge in [0.2, 0.25) is 17.7 Å². The first kappa shape index (κ1) is 73.7. The Hall–Kier alpha value is -3.09. The van der Waals surface area contributed by atoms with Gasteiger partial charge in [0.05, 0.1) is 57.8 Å². The Labute approximate surface area is 524 Å². The molecule has 8 aliphatic rings. The topological polar surface area (TPSA) is 563 Å². The van der Waals surface area contributed by atoms with Crippen molar-refractivity contribution in [1.82, 2.24) is 26.6 Å². The normalized spacial score (nSPS) is 46.0. The Morgan fingerprint density at radius 1 is 0.505 bits per heavy atom. The maximum atomic E-state index is 13.0. The largest absolute Gasteiger partial charge is 0.394 e. The number of aliphatic hydroxyl groups is 16. The number of thioether (sulfide) groups is 1. The van der Waals surface area contributed by atoms with Gasteiger partial charge in [-0.2, -0.15) is 11.8 Å². The summed E-state index contributed by atoms with van der Waals surface area (Å²) in [6.07, 6.45) is -48.9. The molecule has 524 valence electrons. The van der Waals surface area contributed by atoms with Crippen LogP contribution < -0.4 is 26.6 Å². The molecule has 0 unspecified atom stereocenters. The summed E-state index contributed by atoms with van der Waals surface area (Å²) in [5.41, 5.74) is 0. The molecule has 21 N–H and O–H groups in total. The van der Waals surface area contributed by atoms with Crippen LogP contribution in [0.4, 0.5) is 4.79 Å². The fraction of sp³-hybridized carbons (Fsp3) is 0.925. The van der Waals surface area contributed by atoms with Crippen molar-refractivity contribution in [2.75, 3.05) is 51.9 Å². The fourth-order valence-corrected chi connectivity index (χ4v) is 13.6. The number of unbranched alkanes of at least 4 members (excludes halogenated alkanes) is 1. The summed E-state index contributed by atoms with van der Waals surface area (Å²) in [4.78, 5) is 50.4. The van der Waals surface area contributed by atoms with Crippen LogP contribution in [0, 0.1) is 0 Å². The molecule has 8 aliphatic heterocycles. The first-order valence-corrected chi connectivity index (χ1v) is 31.2. The number of amides is 5. The van der Waals surface area contributed by atoms with Gasteiger partial charge in [0.1, 0.15) is 140 Å². The maximum Gasteiger partial charge on any atom is 0.315 e. The summed E-state index contributed by atoms with van der Waals surface area (Å²) >= 11 is 1.77. The lowest BCUT2D eigenvalue weighted by Crippen LogP contribution is -2.70. The Kier molecular flexibility index (Phi) is 26.9. The van der Waals surface area contributed by atoms with E-state index in [9.17, 15) is 101 Å². The third-order valence-electron chi connectivity index (χ3n) is 17.1. The zero-order valence-corrected chi connectivity index (χ0v) is 50.7. The molecular weight excluding hydrogens is 1250 g/mol. The van der Waals surface area contributed by atoms with Gasteiger partial charge in [-0.15, -0.1) is 0 Å². The number of urea groups is 1. The van der Waals surface area contributed by atoms with Gasteiger partial charge in [0.25, 0.3) is 0 Å². The lowest BCUT2D eigenvalue weighted by molar-refractivity contribution is -0.384. The molecule has 8 fully saturated rings. The van der Waals surface area contributed by atoms with Crippen molar-refractivity contribution < 1.29 is 158 Å². The summed E-state index contributed by atoms with van der Waals surface area (Å²) in [5.74, 6) is -0.972. The van der Waals surface area contributed by atoms with Crippen molar-refractivity contribution in [2.45, 2.75) is 254 Å². The average molecular weight is 1340 g/mol. The zero-order valence-electron chi connectivity index (χ0n) is 49.8. The summed E-state index contributed by atoms with van der Waals surface area (Å²) < 4.78 is 70.8. The van der Waals surface area contributed by atoms with E-state index in [1.165, 1.54) is 6.92 Å². The molecule has 0 aliphatic carbocycles.